The van der Waals surface area contributed by atoms with Gasteiger partial charge >= 0.3 is 0 Å². The van der Waals surface area contributed by atoms with E-state index >= 15 is 0 Å². The van der Waals surface area contributed by atoms with E-state index < -0.39 is 6.04 Å². The number of carbonyl (C=O) groups excluding carboxylic acids is 2. The normalized spacial score (nSPS) is 11.8. The van der Waals surface area contributed by atoms with Crippen molar-refractivity contribution in [3.05, 3.63) is 28.7 Å². The SMILES string of the molecule is CCCNC(=O)C(C)NC(=O)CCSc1ccccc1Br. The van der Waals surface area contributed by atoms with Crippen LogP contribution in [0.25, 0.3) is 0 Å². The fourth-order valence-electron chi connectivity index (χ4n) is 1.60. The van der Waals surface area contributed by atoms with Gasteiger partial charge in [0.1, 0.15) is 6.04 Å². The van der Waals surface area contributed by atoms with E-state index in [9.17, 15) is 9.59 Å². The average molecular weight is 373 g/mol. The Bertz CT molecular complexity index is 482. The van der Waals surface area contributed by atoms with Gasteiger partial charge in [0.2, 0.25) is 11.8 Å². The summed E-state index contributed by atoms with van der Waals surface area (Å²) in [7, 11) is 0. The molecular weight excluding hydrogens is 352 g/mol. The van der Waals surface area contributed by atoms with Crippen LogP contribution in [0, 0.1) is 0 Å². The first-order chi connectivity index (χ1) is 10.0. The molecular formula is C15H21BrN2O2S. The molecule has 0 spiro atoms. The number of benzene rings is 1. The summed E-state index contributed by atoms with van der Waals surface area (Å²) in [6.07, 6.45) is 1.27. The zero-order valence-corrected chi connectivity index (χ0v) is 14.7. The molecule has 0 saturated carbocycles. The molecule has 6 heteroatoms. The topological polar surface area (TPSA) is 58.2 Å². The van der Waals surface area contributed by atoms with Crippen molar-refractivity contribution in [2.24, 2.45) is 0 Å². The van der Waals surface area contributed by atoms with Crippen LogP contribution in [0.5, 0.6) is 0 Å². The average Bonchev–Trinajstić information content (AvgIpc) is 2.46. The molecule has 2 N–H and O–H groups in total. The summed E-state index contributed by atoms with van der Waals surface area (Å²) in [5, 5.41) is 5.48. The molecule has 4 nitrogen and oxygen atoms in total. The van der Waals surface area contributed by atoms with E-state index in [0.717, 1.165) is 15.8 Å². The Balaban J connectivity index is 2.28. The highest BCUT2D eigenvalue weighted by molar-refractivity contribution is 9.10. The zero-order valence-electron chi connectivity index (χ0n) is 12.3. The van der Waals surface area contributed by atoms with E-state index in [2.05, 4.69) is 26.6 Å². The van der Waals surface area contributed by atoms with Gasteiger partial charge in [-0.25, -0.2) is 0 Å². The Hall–Kier alpha value is -1.01. The fourth-order valence-corrected chi connectivity index (χ4v) is 3.11. The van der Waals surface area contributed by atoms with Crippen molar-refractivity contribution in [1.29, 1.82) is 0 Å². The number of thioether (sulfide) groups is 1. The molecule has 1 aromatic carbocycles. The van der Waals surface area contributed by atoms with Gasteiger partial charge < -0.3 is 10.6 Å². The van der Waals surface area contributed by atoms with E-state index in [1.54, 1.807) is 18.7 Å². The van der Waals surface area contributed by atoms with E-state index in [1.807, 2.05) is 31.2 Å². The maximum Gasteiger partial charge on any atom is 0.242 e. The monoisotopic (exact) mass is 372 g/mol. The molecule has 0 bridgehead atoms. The quantitative estimate of drug-likeness (QED) is 0.689. The lowest BCUT2D eigenvalue weighted by Crippen LogP contribution is -2.45. The summed E-state index contributed by atoms with van der Waals surface area (Å²) in [6, 6.07) is 7.42. The Labute approximate surface area is 138 Å². The van der Waals surface area contributed by atoms with Gasteiger partial charge in [0.25, 0.3) is 0 Å². The number of rotatable bonds is 8. The second kappa shape index (κ2) is 9.84. The highest BCUT2D eigenvalue weighted by Crippen LogP contribution is 2.27. The van der Waals surface area contributed by atoms with E-state index in [0.29, 0.717) is 18.7 Å². The smallest absolute Gasteiger partial charge is 0.242 e. The molecule has 1 unspecified atom stereocenters. The Morgan fingerprint density at radius 3 is 2.71 bits per heavy atom. The standard InChI is InChI=1S/C15H21BrN2O2S/c1-3-9-17-15(20)11(2)18-14(19)8-10-21-13-7-5-4-6-12(13)16/h4-7,11H,3,8-10H2,1-2H3,(H,17,20)(H,18,19). The van der Waals surface area contributed by atoms with Crippen LogP contribution in [-0.4, -0.2) is 30.2 Å². The van der Waals surface area contributed by atoms with Gasteiger partial charge in [-0.1, -0.05) is 19.1 Å². The van der Waals surface area contributed by atoms with Crippen LogP contribution in [0.15, 0.2) is 33.6 Å². The molecule has 116 valence electrons. The Morgan fingerprint density at radius 1 is 1.33 bits per heavy atom. The summed E-state index contributed by atoms with van der Waals surface area (Å²) >= 11 is 5.09. The first-order valence-electron chi connectivity index (χ1n) is 6.99. The first-order valence-corrected chi connectivity index (χ1v) is 8.76. The lowest BCUT2D eigenvalue weighted by atomic mass is 10.3. The second-order valence-electron chi connectivity index (χ2n) is 4.61. The highest BCUT2D eigenvalue weighted by atomic mass is 79.9. The third-order valence-electron chi connectivity index (χ3n) is 2.74. The number of hydrogen-bond donors (Lipinski definition) is 2. The van der Waals surface area contributed by atoms with E-state index in [4.69, 9.17) is 0 Å². The summed E-state index contributed by atoms with van der Waals surface area (Å²) in [5.74, 6) is 0.440. The Kier molecular flexibility index (Phi) is 8.45. The van der Waals surface area contributed by atoms with E-state index in [-0.39, 0.29) is 11.8 Å². The minimum absolute atomic E-state index is 0.103. The molecule has 0 aliphatic heterocycles. The van der Waals surface area contributed by atoms with Crippen LogP contribution in [0.2, 0.25) is 0 Å². The number of nitrogens with one attached hydrogen (secondary N) is 2. The van der Waals surface area contributed by atoms with Crippen molar-refractivity contribution in [3.63, 3.8) is 0 Å². The molecule has 0 saturated heterocycles. The van der Waals surface area contributed by atoms with Crippen LogP contribution in [0.4, 0.5) is 0 Å². The van der Waals surface area contributed by atoms with Gasteiger partial charge in [0.05, 0.1) is 0 Å². The van der Waals surface area contributed by atoms with Gasteiger partial charge in [-0.15, -0.1) is 11.8 Å². The van der Waals surface area contributed by atoms with Crippen LogP contribution in [0.1, 0.15) is 26.7 Å². The maximum atomic E-state index is 11.8. The summed E-state index contributed by atoms with van der Waals surface area (Å²) < 4.78 is 1.03. The number of halogens is 1. The summed E-state index contributed by atoms with van der Waals surface area (Å²) in [6.45, 7) is 4.32. The molecule has 0 radical (unpaired) electrons. The lowest BCUT2D eigenvalue weighted by Gasteiger charge is -2.13. The van der Waals surface area contributed by atoms with Crippen molar-refractivity contribution in [2.45, 2.75) is 37.6 Å². The predicted molar refractivity (Wildman–Crippen MR) is 90.4 cm³/mol. The number of hydrogen-bond acceptors (Lipinski definition) is 3. The Morgan fingerprint density at radius 2 is 2.05 bits per heavy atom. The fraction of sp³-hybridized carbons (Fsp3) is 0.467. The molecule has 0 heterocycles. The van der Waals surface area contributed by atoms with Crippen LogP contribution >= 0.6 is 27.7 Å². The molecule has 0 fully saturated rings. The van der Waals surface area contributed by atoms with Gasteiger partial charge in [0, 0.05) is 28.1 Å². The summed E-state index contributed by atoms with van der Waals surface area (Å²) in [4.78, 5) is 24.5. The highest BCUT2D eigenvalue weighted by Gasteiger charge is 2.14. The first kappa shape index (κ1) is 18.0. The second-order valence-corrected chi connectivity index (χ2v) is 6.60. The maximum absolute atomic E-state index is 11.8. The molecule has 1 rings (SSSR count). The van der Waals surface area contributed by atoms with Crippen molar-refractivity contribution in [1.82, 2.24) is 10.6 Å². The predicted octanol–water partition coefficient (Wildman–Crippen LogP) is 2.96. The van der Waals surface area contributed by atoms with Gasteiger partial charge in [-0.2, -0.15) is 0 Å². The summed E-state index contributed by atoms with van der Waals surface area (Å²) in [5.41, 5.74) is 0. The van der Waals surface area contributed by atoms with E-state index in [1.165, 1.54) is 0 Å². The molecule has 0 aromatic heterocycles. The van der Waals surface area contributed by atoms with Crippen molar-refractivity contribution >= 4 is 39.5 Å². The van der Waals surface area contributed by atoms with Crippen LogP contribution < -0.4 is 10.6 Å². The molecule has 1 aromatic rings. The van der Waals surface area contributed by atoms with Crippen molar-refractivity contribution in [2.75, 3.05) is 12.3 Å². The zero-order chi connectivity index (χ0) is 15.7. The minimum Gasteiger partial charge on any atom is -0.354 e. The third kappa shape index (κ3) is 7.00. The number of amides is 2. The molecule has 2 amide bonds. The van der Waals surface area contributed by atoms with Gasteiger partial charge in [-0.05, 0) is 41.4 Å². The van der Waals surface area contributed by atoms with Crippen LogP contribution in [0.3, 0.4) is 0 Å². The van der Waals surface area contributed by atoms with Crippen LogP contribution in [-0.2, 0) is 9.59 Å². The lowest BCUT2D eigenvalue weighted by molar-refractivity contribution is -0.128. The van der Waals surface area contributed by atoms with Crippen molar-refractivity contribution < 1.29 is 9.59 Å². The minimum atomic E-state index is -0.488. The van der Waals surface area contributed by atoms with Gasteiger partial charge in [0.15, 0.2) is 0 Å². The number of carbonyl (C=O) groups is 2. The molecule has 1 atom stereocenters. The largest absolute Gasteiger partial charge is 0.354 e. The van der Waals surface area contributed by atoms with Gasteiger partial charge in [-0.3, -0.25) is 9.59 Å². The molecule has 21 heavy (non-hydrogen) atoms. The molecule has 0 aliphatic rings. The third-order valence-corrected chi connectivity index (χ3v) is 4.77. The molecule has 0 aliphatic carbocycles. The van der Waals surface area contributed by atoms with Crippen molar-refractivity contribution in [3.8, 4) is 0 Å².